The largest absolute Gasteiger partial charge is 0.464 e. The summed E-state index contributed by atoms with van der Waals surface area (Å²) in [6.07, 6.45) is 4.77. The third-order valence-corrected chi connectivity index (χ3v) is 2.07. The molecule has 0 N–H and O–H groups in total. The molecule has 0 atom stereocenters. The molecule has 0 spiro atoms. The molecule has 1 aromatic heterocycles. The van der Waals surface area contributed by atoms with Gasteiger partial charge < -0.3 is 9.64 Å². The summed E-state index contributed by atoms with van der Waals surface area (Å²) in [4.78, 5) is 21.4. The zero-order chi connectivity index (χ0) is 12.0. The van der Waals surface area contributed by atoms with Crippen molar-refractivity contribution in [3.63, 3.8) is 0 Å². The number of nitrogens with zero attached hydrogens (tertiary/aromatic N) is 3. The highest BCUT2D eigenvalue weighted by atomic mass is 16.5. The Balaban J connectivity index is 2.96. The van der Waals surface area contributed by atoms with Gasteiger partial charge in [0.2, 0.25) is 0 Å². The van der Waals surface area contributed by atoms with Crippen LogP contribution in [0.5, 0.6) is 0 Å². The summed E-state index contributed by atoms with van der Waals surface area (Å²) in [6.45, 7) is 7.09. The number of rotatable bonds is 5. The predicted molar refractivity (Wildman–Crippen MR) is 61.5 cm³/mol. The molecule has 5 nitrogen and oxygen atoms in total. The third-order valence-electron chi connectivity index (χ3n) is 2.07. The standard InChI is InChI=1S/C11H15N3O2/c1-4-6-14(5-2)10-8-12-7-9(13-10)11(15)16-3/h4,7-8H,1,5-6H2,2-3H3. The molecule has 0 amide bonds. The van der Waals surface area contributed by atoms with Gasteiger partial charge >= 0.3 is 5.97 Å². The Morgan fingerprint density at radius 1 is 1.62 bits per heavy atom. The first kappa shape index (κ1) is 12.2. The molecule has 86 valence electrons. The highest BCUT2D eigenvalue weighted by Crippen LogP contribution is 2.09. The van der Waals surface area contributed by atoms with E-state index in [4.69, 9.17) is 0 Å². The number of methoxy groups -OCH3 is 1. The lowest BCUT2D eigenvalue weighted by Gasteiger charge is -2.19. The smallest absolute Gasteiger partial charge is 0.358 e. The summed E-state index contributed by atoms with van der Waals surface area (Å²) in [5.74, 6) is 0.161. The van der Waals surface area contributed by atoms with Crippen molar-refractivity contribution < 1.29 is 9.53 Å². The molecule has 0 aliphatic heterocycles. The van der Waals surface area contributed by atoms with E-state index in [1.165, 1.54) is 13.3 Å². The van der Waals surface area contributed by atoms with Gasteiger partial charge in [-0.15, -0.1) is 6.58 Å². The van der Waals surface area contributed by atoms with E-state index in [2.05, 4.69) is 21.3 Å². The Kier molecular flexibility index (Phi) is 4.44. The highest BCUT2D eigenvalue weighted by molar-refractivity contribution is 5.87. The van der Waals surface area contributed by atoms with Crippen LogP contribution in [-0.4, -0.2) is 36.1 Å². The van der Waals surface area contributed by atoms with Crippen molar-refractivity contribution in [1.29, 1.82) is 0 Å². The summed E-state index contributed by atoms with van der Waals surface area (Å²) >= 11 is 0. The van der Waals surface area contributed by atoms with Gasteiger partial charge in [0, 0.05) is 13.1 Å². The zero-order valence-electron chi connectivity index (χ0n) is 9.51. The van der Waals surface area contributed by atoms with Crippen molar-refractivity contribution in [1.82, 2.24) is 9.97 Å². The fourth-order valence-corrected chi connectivity index (χ4v) is 1.25. The maximum Gasteiger partial charge on any atom is 0.358 e. The van der Waals surface area contributed by atoms with Crippen molar-refractivity contribution in [3.05, 3.63) is 30.7 Å². The molecule has 1 heterocycles. The van der Waals surface area contributed by atoms with E-state index >= 15 is 0 Å². The van der Waals surface area contributed by atoms with Gasteiger partial charge in [0.05, 0.1) is 19.5 Å². The van der Waals surface area contributed by atoms with Crippen LogP contribution in [0.25, 0.3) is 0 Å². The molecular weight excluding hydrogens is 206 g/mol. The van der Waals surface area contributed by atoms with Gasteiger partial charge in [0.15, 0.2) is 5.69 Å². The first-order valence-corrected chi connectivity index (χ1v) is 4.99. The normalized spacial score (nSPS) is 9.62. The van der Waals surface area contributed by atoms with Crippen LogP contribution < -0.4 is 4.90 Å². The molecule has 0 saturated carbocycles. The third kappa shape index (κ3) is 2.79. The van der Waals surface area contributed by atoms with Crippen LogP contribution in [0, 0.1) is 0 Å². The first-order valence-electron chi connectivity index (χ1n) is 4.99. The number of carbonyl (C=O) groups excluding carboxylic acids is 1. The van der Waals surface area contributed by atoms with Gasteiger partial charge in [-0.05, 0) is 6.92 Å². The molecule has 0 radical (unpaired) electrons. The fourth-order valence-electron chi connectivity index (χ4n) is 1.25. The van der Waals surface area contributed by atoms with Crippen LogP contribution in [-0.2, 0) is 4.74 Å². The molecule has 0 saturated heterocycles. The monoisotopic (exact) mass is 221 g/mol. The van der Waals surface area contributed by atoms with E-state index in [1.54, 1.807) is 12.3 Å². The van der Waals surface area contributed by atoms with E-state index in [0.717, 1.165) is 6.54 Å². The summed E-state index contributed by atoms with van der Waals surface area (Å²) in [5, 5.41) is 0. The molecule has 16 heavy (non-hydrogen) atoms. The molecule has 0 unspecified atom stereocenters. The van der Waals surface area contributed by atoms with E-state index < -0.39 is 5.97 Å². The lowest BCUT2D eigenvalue weighted by molar-refractivity contribution is 0.0593. The number of ether oxygens (including phenoxy) is 1. The number of hydrogen-bond acceptors (Lipinski definition) is 5. The molecular formula is C11H15N3O2. The highest BCUT2D eigenvalue weighted by Gasteiger charge is 2.11. The van der Waals surface area contributed by atoms with Crippen LogP contribution in [0.3, 0.4) is 0 Å². The van der Waals surface area contributed by atoms with Crippen LogP contribution in [0.15, 0.2) is 25.0 Å². The minimum absolute atomic E-state index is 0.211. The average molecular weight is 221 g/mol. The maximum absolute atomic E-state index is 11.3. The number of hydrogen-bond donors (Lipinski definition) is 0. The van der Waals surface area contributed by atoms with Gasteiger partial charge in [-0.25, -0.2) is 9.78 Å². The second-order valence-electron chi connectivity index (χ2n) is 3.08. The topological polar surface area (TPSA) is 55.3 Å². The Morgan fingerprint density at radius 2 is 2.38 bits per heavy atom. The lowest BCUT2D eigenvalue weighted by Crippen LogP contribution is -2.24. The summed E-state index contributed by atoms with van der Waals surface area (Å²) < 4.78 is 4.58. The van der Waals surface area contributed by atoms with Gasteiger partial charge in [-0.2, -0.15) is 0 Å². The van der Waals surface area contributed by atoms with Crippen LogP contribution in [0.1, 0.15) is 17.4 Å². The molecule has 0 aromatic carbocycles. The zero-order valence-corrected chi connectivity index (χ0v) is 9.51. The Labute approximate surface area is 94.8 Å². The lowest BCUT2D eigenvalue weighted by atomic mass is 10.4. The van der Waals surface area contributed by atoms with Crippen LogP contribution in [0.4, 0.5) is 5.82 Å². The van der Waals surface area contributed by atoms with Gasteiger partial charge in [0.1, 0.15) is 5.82 Å². The van der Waals surface area contributed by atoms with E-state index in [9.17, 15) is 4.79 Å². The van der Waals surface area contributed by atoms with Crippen molar-refractivity contribution in [2.45, 2.75) is 6.92 Å². The fraction of sp³-hybridized carbons (Fsp3) is 0.364. The minimum Gasteiger partial charge on any atom is -0.464 e. The summed E-state index contributed by atoms with van der Waals surface area (Å²) in [5.41, 5.74) is 0.211. The second kappa shape index (κ2) is 5.85. The number of aromatic nitrogens is 2. The van der Waals surface area contributed by atoms with E-state index in [1.807, 2.05) is 11.8 Å². The Hall–Kier alpha value is -1.91. The van der Waals surface area contributed by atoms with Crippen molar-refractivity contribution in [2.24, 2.45) is 0 Å². The van der Waals surface area contributed by atoms with Gasteiger partial charge in [-0.3, -0.25) is 4.98 Å². The predicted octanol–water partition coefficient (Wildman–Crippen LogP) is 1.28. The Bertz CT molecular complexity index is 379. The number of esters is 1. The van der Waals surface area contributed by atoms with Crippen LogP contribution >= 0.6 is 0 Å². The number of carbonyl (C=O) groups is 1. The molecule has 1 aromatic rings. The molecule has 0 aliphatic carbocycles. The van der Waals surface area contributed by atoms with Crippen molar-refractivity contribution in [2.75, 3.05) is 25.1 Å². The number of likely N-dealkylation sites (N-methyl/N-ethyl adjacent to an activating group) is 1. The quantitative estimate of drug-likeness (QED) is 0.553. The second-order valence-corrected chi connectivity index (χ2v) is 3.08. The first-order chi connectivity index (χ1) is 7.72. The maximum atomic E-state index is 11.3. The minimum atomic E-state index is -0.482. The average Bonchev–Trinajstić information content (AvgIpc) is 2.35. The van der Waals surface area contributed by atoms with E-state index in [0.29, 0.717) is 12.4 Å². The van der Waals surface area contributed by atoms with Crippen molar-refractivity contribution >= 4 is 11.8 Å². The molecule has 0 fully saturated rings. The summed E-state index contributed by atoms with van der Waals surface area (Å²) in [7, 11) is 1.32. The van der Waals surface area contributed by atoms with Crippen molar-refractivity contribution in [3.8, 4) is 0 Å². The Morgan fingerprint density at radius 3 is 2.94 bits per heavy atom. The van der Waals surface area contributed by atoms with Gasteiger partial charge in [-0.1, -0.05) is 6.08 Å². The molecule has 0 bridgehead atoms. The summed E-state index contributed by atoms with van der Waals surface area (Å²) in [6, 6.07) is 0. The SMILES string of the molecule is C=CCN(CC)c1cncc(C(=O)OC)n1. The molecule has 0 aliphatic rings. The molecule has 1 rings (SSSR count). The number of anilines is 1. The van der Waals surface area contributed by atoms with Gasteiger partial charge in [0.25, 0.3) is 0 Å². The van der Waals surface area contributed by atoms with Crippen LogP contribution in [0.2, 0.25) is 0 Å². The van der Waals surface area contributed by atoms with E-state index in [-0.39, 0.29) is 5.69 Å². The molecule has 5 heteroatoms.